The smallest absolute Gasteiger partial charge is 0.217 e. The quantitative estimate of drug-likeness (QED) is 0.476. The number of hydrogen-bond acceptors (Lipinski definition) is 4. The molecule has 0 aliphatic carbocycles. The first kappa shape index (κ1) is 9.91. The lowest BCUT2D eigenvalue weighted by molar-refractivity contribution is -0.118. The Balaban J connectivity index is 2.62. The van der Waals surface area contributed by atoms with E-state index in [0.29, 0.717) is 18.9 Å². The van der Waals surface area contributed by atoms with Crippen LogP contribution in [0.2, 0.25) is 0 Å². The maximum Gasteiger partial charge on any atom is 0.217 e. The van der Waals surface area contributed by atoms with Crippen molar-refractivity contribution < 1.29 is 9.53 Å². The molecule has 1 aliphatic rings. The average Bonchev–Trinajstić information content (AvgIpc) is 2.47. The topological polar surface area (TPSA) is 76.7 Å². The zero-order chi connectivity index (χ0) is 9.84. The van der Waals surface area contributed by atoms with Gasteiger partial charge < -0.3 is 10.5 Å². The Kier molecular flexibility index (Phi) is 3.18. The predicted molar refractivity (Wildman–Crippen MR) is 52.1 cm³/mol. The number of thiocarbonyl (C=S) groups is 1. The highest BCUT2D eigenvalue weighted by Crippen LogP contribution is 2.16. The Morgan fingerprint density at radius 3 is 3.08 bits per heavy atom. The molecular weight excluding hydrogens is 190 g/mol. The molecule has 72 valence electrons. The van der Waals surface area contributed by atoms with E-state index in [-0.39, 0.29) is 16.8 Å². The van der Waals surface area contributed by atoms with Gasteiger partial charge in [-0.25, -0.2) is 0 Å². The molecule has 0 radical (unpaired) electrons. The summed E-state index contributed by atoms with van der Waals surface area (Å²) in [7, 11) is 0. The monoisotopic (exact) mass is 201 g/mol. The third kappa shape index (κ3) is 2.66. The zero-order valence-electron chi connectivity index (χ0n) is 7.24. The lowest BCUT2D eigenvalue weighted by Crippen LogP contribution is -2.27. The molecule has 0 aromatic heterocycles. The van der Waals surface area contributed by atoms with E-state index >= 15 is 0 Å². The van der Waals surface area contributed by atoms with Crippen molar-refractivity contribution in [3.8, 4) is 0 Å². The van der Waals surface area contributed by atoms with Gasteiger partial charge in [-0.2, -0.15) is 0 Å². The number of nitrogens with two attached hydrogens (primary N) is 1. The second-order valence-corrected chi connectivity index (χ2v) is 3.17. The summed E-state index contributed by atoms with van der Waals surface area (Å²) in [4.78, 5) is 11.0. The van der Waals surface area contributed by atoms with Crippen molar-refractivity contribution in [2.24, 2.45) is 16.8 Å². The van der Waals surface area contributed by atoms with Gasteiger partial charge in [-0.05, 0) is 25.6 Å². The molecule has 13 heavy (non-hydrogen) atoms. The van der Waals surface area contributed by atoms with Crippen LogP contribution in [0.15, 0.2) is 5.10 Å². The molecule has 0 spiro atoms. The molecule has 6 heteroatoms. The Morgan fingerprint density at radius 2 is 2.54 bits per heavy atom. The van der Waals surface area contributed by atoms with Gasteiger partial charge in [0.2, 0.25) is 5.90 Å². The second-order valence-electron chi connectivity index (χ2n) is 2.73. The van der Waals surface area contributed by atoms with Crippen LogP contribution in [0.25, 0.3) is 0 Å². The highest BCUT2D eigenvalue weighted by molar-refractivity contribution is 7.80. The molecule has 0 bridgehead atoms. The Hall–Kier alpha value is -1.17. The number of hydrazone groups is 1. The molecule has 1 saturated heterocycles. The van der Waals surface area contributed by atoms with Crippen molar-refractivity contribution >= 4 is 29.0 Å². The fraction of sp³-hybridized carbons (Fsp3) is 0.571. The van der Waals surface area contributed by atoms with Crippen molar-refractivity contribution in [1.82, 2.24) is 5.43 Å². The van der Waals surface area contributed by atoms with Crippen molar-refractivity contribution in [2.75, 3.05) is 6.61 Å². The van der Waals surface area contributed by atoms with Crippen LogP contribution in [0.1, 0.15) is 13.3 Å². The first-order valence-electron chi connectivity index (χ1n) is 3.87. The minimum Gasteiger partial charge on any atom is -0.479 e. The number of Topliss-reactive ketones (excluding diaryl/α,β-unsaturated/α-hetero) is 1. The van der Waals surface area contributed by atoms with Crippen LogP contribution in [0.4, 0.5) is 0 Å². The van der Waals surface area contributed by atoms with Gasteiger partial charge in [-0.15, -0.1) is 5.10 Å². The van der Waals surface area contributed by atoms with E-state index in [1.165, 1.54) is 6.92 Å². The molecule has 1 unspecified atom stereocenters. The van der Waals surface area contributed by atoms with Crippen LogP contribution in [0.3, 0.4) is 0 Å². The molecule has 1 aliphatic heterocycles. The van der Waals surface area contributed by atoms with Crippen LogP contribution >= 0.6 is 12.2 Å². The number of carbonyl (C=O) groups is 1. The maximum atomic E-state index is 11.0. The summed E-state index contributed by atoms with van der Waals surface area (Å²) in [6, 6.07) is 0. The fourth-order valence-corrected chi connectivity index (χ4v) is 1.15. The van der Waals surface area contributed by atoms with Crippen LogP contribution in [0, 0.1) is 5.92 Å². The van der Waals surface area contributed by atoms with Crippen molar-refractivity contribution in [2.45, 2.75) is 13.3 Å². The number of ketones is 1. The number of carbonyl (C=O) groups excluding carboxylic acids is 1. The Morgan fingerprint density at radius 1 is 1.85 bits per heavy atom. The van der Waals surface area contributed by atoms with Crippen molar-refractivity contribution in [3.63, 3.8) is 0 Å². The summed E-state index contributed by atoms with van der Waals surface area (Å²) in [5.74, 6) is 0.170. The molecular formula is C7H11N3O2S. The summed E-state index contributed by atoms with van der Waals surface area (Å²) >= 11 is 4.55. The SMILES string of the molecule is CC(=O)C1CCOC1=NNC(N)=S. The Labute approximate surface area is 81.3 Å². The normalized spacial score (nSPS) is 24.1. The summed E-state index contributed by atoms with van der Waals surface area (Å²) in [6.07, 6.45) is 0.674. The molecule has 5 nitrogen and oxygen atoms in total. The van der Waals surface area contributed by atoms with E-state index in [1.54, 1.807) is 0 Å². The lowest BCUT2D eigenvalue weighted by Gasteiger charge is -2.04. The molecule has 0 saturated carbocycles. The zero-order valence-corrected chi connectivity index (χ0v) is 8.06. The number of hydrogen-bond donors (Lipinski definition) is 2. The van der Waals surface area contributed by atoms with Gasteiger partial charge in [0.25, 0.3) is 0 Å². The summed E-state index contributed by atoms with van der Waals surface area (Å²) in [5, 5.41) is 3.84. The Bertz CT molecular complexity index is 264. The van der Waals surface area contributed by atoms with Gasteiger partial charge in [0.05, 0.1) is 12.5 Å². The number of nitrogens with zero attached hydrogens (tertiary/aromatic N) is 1. The molecule has 0 aromatic carbocycles. The largest absolute Gasteiger partial charge is 0.479 e. The second kappa shape index (κ2) is 4.18. The first-order valence-corrected chi connectivity index (χ1v) is 4.28. The van der Waals surface area contributed by atoms with Crippen molar-refractivity contribution in [3.05, 3.63) is 0 Å². The van der Waals surface area contributed by atoms with Crippen LogP contribution < -0.4 is 11.2 Å². The van der Waals surface area contributed by atoms with Gasteiger partial charge in [0.15, 0.2) is 5.11 Å². The summed E-state index contributed by atoms with van der Waals surface area (Å²) < 4.78 is 5.13. The van der Waals surface area contributed by atoms with Crippen LogP contribution in [0.5, 0.6) is 0 Å². The molecule has 1 rings (SSSR count). The number of ether oxygens (including phenoxy) is 1. The molecule has 1 fully saturated rings. The number of nitrogens with one attached hydrogen (secondary N) is 1. The van der Waals surface area contributed by atoms with Gasteiger partial charge >= 0.3 is 0 Å². The van der Waals surface area contributed by atoms with E-state index in [4.69, 9.17) is 10.5 Å². The van der Waals surface area contributed by atoms with Crippen LogP contribution in [-0.4, -0.2) is 23.4 Å². The van der Waals surface area contributed by atoms with Crippen molar-refractivity contribution in [1.29, 1.82) is 0 Å². The molecule has 0 aromatic rings. The highest BCUT2D eigenvalue weighted by Gasteiger charge is 2.28. The molecule has 1 atom stereocenters. The van der Waals surface area contributed by atoms with E-state index in [2.05, 4.69) is 22.7 Å². The van der Waals surface area contributed by atoms with E-state index in [1.807, 2.05) is 0 Å². The average molecular weight is 201 g/mol. The third-order valence-corrected chi connectivity index (χ3v) is 1.81. The van der Waals surface area contributed by atoms with E-state index in [9.17, 15) is 4.79 Å². The van der Waals surface area contributed by atoms with E-state index in [0.717, 1.165) is 0 Å². The van der Waals surface area contributed by atoms with E-state index < -0.39 is 0 Å². The molecule has 0 amide bonds. The standard InChI is InChI=1S/C7H11N3O2S/c1-4(11)5-2-3-12-6(5)9-10-7(8)13/h5H,2-3H2,1H3,(H3,8,10,13). The first-order chi connectivity index (χ1) is 6.11. The number of rotatable bonds is 2. The maximum absolute atomic E-state index is 11.0. The third-order valence-electron chi connectivity index (χ3n) is 1.72. The van der Waals surface area contributed by atoms with Gasteiger partial charge in [-0.1, -0.05) is 0 Å². The highest BCUT2D eigenvalue weighted by atomic mass is 32.1. The summed E-state index contributed by atoms with van der Waals surface area (Å²) in [6.45, 7) is 2.03. The van der Waals surface area contributed by atoms with Gasteiger partial charge in [0.1, 0.15) is 5.78 Å². The van der Waals surface area contributed by atoms with Gasteiger partial charge in [0, 0.05) is 0 Å². The molecule has 1 heterocycles. The molecule has 3 N–H and O–H groups in total. The minimum atomic E-state index is -0.248. The lowest BCUT2D eigenvalue weighted by atomic mass is 10.0. The van der Waals surface area contributed by atoms with Crippen LogP contribution in [-0.2, 0) is 9.53 Å². The fourth-order valence-electron chi connectivity index (χ4n) is 1.10. The minimum absolute atomic E-state index is 0.0426. The predicted octanol–water partition coefficient (Wildman–Crippen LogP) is -0.241. The van der Waals surface area contributed by atoms with Gasteiger partial charge in [-0.3, -0.25) is 10.2 Å². The summed E-state index contributed by atoms with van der Waals surface area (Å²) in [5.41, 5.74) is 7.56.